The first-order valence-electron chi connectivity index (χ1n) is 11.1. The van der Waals surface area contributed by atoms with Gasteiger partial charge in [0.1, 0.15) is 16.5 Å². The minimum atomic E-state index is -4.57. The van der Waals surface area contributed by atoms with Gasteiger partial charge in [0.15, 0.2) is 0 Å². The number of amides is 4. The van der Waals surface area contributed by atoms with Crippen LogP contribution in [0.1, 0.15) is 38.1 Å². The number of nitrogens with one attached hydrogen (secondary N) is 3. The SMILES string of the molecule is CCN(CC)C(=O)c1ccc(NC(=O)C(C)C)cc1S(=O)(=O)NC(=O)Nc1cc(OC)cc(OC)n1. The number of nitrogens with zero attached hydrogens (tertiary/aromatic N) is 2. The Morgan fingerprint density at radius 2 is 1.67 bits per heavy atom. The Balaban J connectivity index is 2.44. The third-order valence-electron chi connectivity index (χ3n) is 5.03. The van der Waals surface area contributed by atoms with Gasteiger partial charge in [-0.3, -0.25) is 14.9 Å². The lowest BCUT2D eigenvalue weighted by Gasteiger charge is -2.21. The van der Waals surface area contributed by atoms with Gasteiger partial charge >= 0.3 is 6.03 Å². The van der Waals surface area contributed by atoms with E-state index in [1.165, 1.54) is 43.4 Å². The van der Waals surface area contributed by atoms with Crippen LogP contribution < -0.4 is 24.8 Å². The maximum atomic E-state index is 13.3. The number of sulfonamides is 1. The van der Waals surface area contributed by atoms with Crippen molar-refractivity contribution in [2.45, 2.75) is 32.6 Å². The van der Waals surface area contributed by atoms with Crippen molar-refractivity contribution in [3.05, 3.63) is 35.9 Å². The summed E-state index contributed by atoms with van der Waals surface area (Å²) < 4.78 is 38.5. The number of ether oxygens (including phenoxy) is 2. The highest BCUT2D eigenvalue weighted by Crippen LogP contribution is 2.24. The van der Waals surface area contributed by atoms with Crippen LogP contribution in [0.15, 0.2) is 35.2 Å². The first kappa shape index (κ1) is 28.4. The molecule has 3 N–H and O–H groups in total. The molecule has 196 valence electrons. The van der Waals surface area contributed by atoms with E-state index in [2.05, 4.69) is 15.6 Å². The van der Waals surface area contributed by atoms with Crippen LogP contribution in [0.5, 0.6) is 11.6 Å². The molecular weight excluding hydrogens is 490 g/mol. The molecule has 2 rings (SSSR count). The van der Waals surface area contributed by atoms with Crippen LogP contribution in [0.2, 0.25) is 0 Å². The van der Waals surface area contributed by atoms with Crippen molar-refractivity contribution >= 4 is 39.4 Å². The van der Waals surface area contributed by atoms with Crippen molar-refractivity contribution in [2.24, 2.45) is 5.92 Å². The maximum absolute atomic E-state index is 13.3. The average molecular weight is 522 g/mol. The van der Waals surface area contributed by atoms with E-state index < -0.39 is 26.9 Å². The van der Waals surface area contributed by atoms with E-state index in [0.29, 0.717) is 18.8 Å². The molecule has 0 bridgehead atoms. The Hall–Kier alpha value is -3.87. The summed E-state index contributed by atoms with van der Waals surface area (Å²) in [7, 11) is -1.79. The predicted molar refractivity (Wildman–Crippen MR) is 134 cm³/mol. The van der Waals surface area contributed by atoms with Gasteiger partial charge in [0.2, 0.25) is 11.8 Å². The third-order valence-corrected chi connectivity index (χ3v) is 6.40. The quantitative estimate of drug-likeness (QED) is 0.431. The Bertz CT molecular complexity index is 1210. The van der Waals surface area contributed by atoms with E-state index in [1.807, 2.05) is 4.72 Å². The average Bonchev–Trinajstić information content (AvgIpc) is 2.83. The van der Waals surface area contributed by atoms with Gasteiger partial charge in [-0.15, -0.1) is 0 Å². The van der Waals surface area contributed by atoms with Gasteiger partial charge in [-0.2, -0.15) is 4.98 Å². The van der Waals surface area contributed by atoms with Crippen molar-refractivity contribution in [1.82, 2.24) is 14.6 Å². The molecule has 0 aliphatic carbocycles. The van der Waals surface area contributed by atoms with E-state index in [0.717, 1.165) is 6.07 Å². The number of pyridine rings is 1. The number of methoxy groups -OCH3 is 2. The standard InChI is InChI=1S/C23H31N5O7S/c1-7-28(8-2)22(30)17-10-9-15(24-21(29)14(3)4)11-18(17)36(32,33)27-23(31)26-19-12-16(34-5)13-20(25-19)35-6/h9-14H,7-8H2,1-6H3,(H,24,29)(H2,25,26,27,31). The molecule has 0 fully saturated rings. The lowest BCUT2D eigenvalue weighted by molar-refractivity contribution is -0.118. The highest BCUT2D eigenvalue weighted by atomic mass is 32.2. The molecule has 4 amide bonds. The number of rotatable bonds is 10. The molecule has 36 heavy (non-hydrogen) atoms. The van der Waals surface area contributed by atoms with Crippen molar-refractivity contribution in [3.63, 3.8) is 0 Å². The van der Waals surface area contributed by atoms with Crippen LogP contribution in [0.3, 0.4) is 0 Å². The monoisotopic (exact) mass is 521 g/mol. The second kappa shape index (κ2) is 12.2. The van der Waals surface area contributed by atoms with Crippen LogP contribution in [-0.4, -0.2) is 63.5 Å². The Kier molecular flexibility index (Phi) is 9.61. The smallest absolute Gasteiger partial charge is 0.334 e. The number of carbonyl (C=O) groups is 3. The summed E-state index contributed by atoms with van der Waals surface area (Å²) in [5.74, 6) is -0.824. The van der Waals surface area contributed by atoms with Crippen LogP contribution in [0.25, 0.3) is 0 Å². The number of anilines is 2. The van der Waals surface area contributed by atoms with Crippen molar-refractivity contribution in [2.75, 3.05) is 37.9 Å². The molecule has 2 aromatic rings. The molecule has 0 atom stereocenters. The van der Waals surface area contributed by atoms with Crippen LogP contribution in [0, 0.1) is 5.92 Å². The zero-order valence-electron chi connectivity index (χ0n) is 21.0. The van der Waals surface area contributed by atoms with Crippen molar-refractivity contribution in [1.29, 1.82) is 0 Å². The minimum absolute atomic E-state index is 0.0312. The first-order valence-corrected chi connectivity index (χ1v) is 12.6. The summed E-state index contributed by atoms with van der Waals surface area (Å²) in [5.41, 5.74) is 0.00694. The zero-order chi connectivity index (χ0) is 27.0. The zero-order valence-corrected chi connectivity index (χ0v) is 21.9. The summed E-state index contributed by atoms with van der Waals surface area (Å²) in [6, 6.07) is 5.59. The predicted octanol–water partition coefficient (Wildman–Crippen LogP) is 2.69. The fraction of sp³-hybridized carbons (Fsp3) is 0.391. The lowest BCUT2D eigenvalue weighted by atomic mass is 10.1. The number of benzene rings is 1. The van der Waals surface area contributed by atoms with Crippen molar-refractivity contribution in [3.8, 4) is 11.6 Å². The van der Waals surface area contributed by atoms with Gasteiger partial charge in [0.05, 0.1) is 19.8 Å². The van der Waals surface area contributed by atoms with Gasteiger partial charge < -0.3 is 19.7 Å². The summed E-state index contributed by atoms with van der Waals surface area (Å²) in [6.45, 7) is 7.56. The van der Waals surface area contributed by atoms with Gasteiger partial charge in [-0.25, -0.2) is 17.9 Å². The molecule has 0 unspecified atom stereocenters. The molecule has 0 saturated heterocycles. The fourth-order valence-corrected chi connectivity index (χ4v) is 4.19. The van der Waals surface area contributed by atoms with Gasteiger partial charge in [0.25, 0.3) is 15.9 Å². The summed E-state index contributed by atoms with van der Waals surface area (Å²) >= 11 is 0. The largest absolute Gasteiger partial charge is 0.496 e. The fourth-order valence-electron chi connectivity index (χ4n) is 3.05. The summed E-state index contributed by atoms with van der Waals surface area (Å²) in [4.78, 5) is 42.8. The number of hydrogen-bond donors (Lipinski definition) is 3. The molecule has 1 aromatic heterocycles. The van der Waals surface area contributed by atoms with E-state index in [-0.39, 0.29) is 34.8 Å². The normalized spacial score (nSPS) is 11.0. The summed E-state index contributed by atoms with van der Waals surface area (Å²) in [5, 5.41) is 4.91. The number of carbonyl (C=O) groups excluding carboxylic acids is 3. The Morgan fingerprint density at radius 3 is 2.22 bits per heavy atom. The highest BCUT2D eigenvalue weighted by Gasteiger charge is 2.27. The third kappa shape index (κ3) is 7.07. The maximum Gasteiger partial charge on any atom is 0.334 e. The van der Waals surface area contributed by atoms with E-state index >= 15 is 0 Å². The number of urea groups is 1. The van der Waals surface area contributed by atoms with Crippen LogP contribution in [0.4, 0.5) is 16.3 Å². The molecule has 13 heteroatoms. The number of hydrogen-bond acceptors (Lipinski definition) is 8. The number of aromatic nitrogens is 1. The minimum Gasteiger partial charge on any atom is -0.496 e. The van der Waals surface area contributed by atoms with Crippen LogP contribution >= 0.6 is 0 Å². The van der Waals surface area contributed by atoms with E-state index in [4.69, 9.17) is 9.47 Å². The van der Waals surface area contributed by atoms with E-state index in [1.54, 1.807) is 27.7 Å². The molecule has 0 saturated carbocycles. The molecule has 1 heterocycles. The Labute approximate surface area is 210 Å². The topological polar surface area (TPSA) is 156 Å². The molecule has 12 nitrogen and oxygen atoms in total. The van der Waals surface area contributed by atoms with E-state index in [9.17, 15) is 22.8 Å². The highest BCUT2D eigenvalue weighted by molar-refractivity contribution is 7.90. The molecular formula is C23H31N5O7S. The second-order valence-electron chi connectivity index (χ2n) is 7.83. The Morgan fingerprint density at radius 1 is 1.00 bits per heavy atom. The molecule has 1 aromatic carbocycles. The van der Waals surface area contributed by atoms with Gasteiger partial charge in [0, 0.05) is 36.8 Å². The lowest BCUT2D eigenvalue weighted by Crippen LogP contribution is -2.37. The van der Waals surface area contributed by atoms with Crippen molar-refractivity contribution < 1.29 is 32.3 Å². The molecule has 0 aliphatic rings. The molecule has 0 aliphatic heterocycles. The second-order valence-corrected chi connectivity index (χ2v) is 9.48. The van der Waals surface area contributed by atoms with Gasteiger partial charge in [-0.1, -0.05) is 13.8 Å². The van der Waals surface area contributed by atoms with Gasteiger partial charge in [-0.05, 0) is 32.0 Å². The summed E-state index contributed by atoms with van der Waals surface area (Å²) in [6.07, 6.45) is 0. The van der Waals surface area contributed by atoms with Crippen LogP contribution in [-0.2, 0) is 14.8 Å². The first-order chi connectivity index (χ1) is 16.9. The molecule has 0 spiro atoms. The molecule has 0 radical (unpaired) electrons.